The van der Waals surface area contributed by atoms with Crippen molar-refractivity contribution >= 4 is 23.2 Å². The number of hydrogen-bond donors (Lipinski definition) is 0. The minimum atomic E-state index is -0.535. The summed E-state index contributed by atoms with van der Waals surface area (Å²) in [6.45, 7) is 2.14. The third kappa shape index (κ3) is 5.34. The van der Waals surface area contributed by atoms with Crippen LogP contribution in [0.4, 0.5) is 8.78 Å². The molecule has 0 aliphatic heterocycles. The highest BCUT2D eigenvalue weighted by atomic mass is 32.1. The minimum absolute atomic E-state index is 0.0365. The first-order valence-corrected chi connectivity index (χ1v) is 8.78. The maximum atomic E-state index is 14.2. The zero-order valence-corrected chi connectivity index (χ0v) is 14.7. The number of thiocarbonyl (C=S) groups is 1. The third-order valence-corrected chi connectivity index (χ3v) is 4.29. The molecule has 0 saturated heterocycles. The Kier molecular flexibility index (Phi) is 7.26. The summed E-state index contributed by atoms with van der Waals surface area (Å²) >= 11 is 5.28. The lowest BCUT2D eigenvalue weighted by molar-refractivity contribution is 0.572. The Bertz CT molecular complexity index is 682. The van der Waals surface area contributed by atoms with E-state index in [4.69, 9.17) is 12.2 Å². The Morgan fingerprint density at radius 3 is 2.29 bits per heavy atom. The van der Waals surface area contributed by atoms with Gasteiger partial charge >= 0.3 is 0 Å². The van der Waals surface area contributed by atoms with Crippen LogP contribution >= 0.6 is 12.2 Å². The van der Waals surface area contributed by atoms with Gasteiger partial charge < -0.3 is 0 Å². The molecule has 0 nitrogen and oxygen atoms in total. The summed E-state index contributed by atoms with van der Waals surface area (Å²) in [7, 11) is 0. The van der Waals surface area contributed by atoms with Crippen molar-refractivity contribution in [2.45, 2.75) is 39.0 Å². The number of benzene rings is 2. The summed E-state index contributed by atoms with van der Waals surface area (Å²) in [5, 5.41) is 0. The van der Waals surface area contributed by atoms with Gasteiger partial charge in [-0.1, -0.05) is 68.7 Å². The Morgan fingerprint density at radius 2 is 1.67 bits per heavy atom. The van der Waals surface area contributed by atoms with Gasteiger partial charge in [0.2, 0.25) is 0 Å². The lowest BCUT2D eigenvalue weighted by Crippen LogP contribution is -1.96. The molecule has 0 atom stereocenters. The van der Waals surface area contributed by atoms with Gasteiger partial charge in [0.05, 0.1) is 0 Å². The normalized spacial score (nSPS) is 11.1. The first-order valence-electron chi connectivity index (χ1n) is 8.37. The molecule has 2 rings (SSSR count). The summed E-state index contributed by atoms with van der Waals surface area (Å²) in [5.74, 6) is -1.07. The minimum Gasteiger partial charge on any atom is -0.206 e. The molecule has 126 valence electrons. The summed E-state index contributed by atoms with van der Waals surface area (Å²) in [6, 6.07) is 12.3. The Hall–Kier alpha value is -1.87. The largest absolute Gasteiger partial charge is 0.206 e. The predicted octanol–water partition coefficient (Wildman–Crippen LogP) is 6.52. The molecule has 0 aliphatic carbocycles. The van der Waals surface area contributed by atoms with E-state index in [-0.39, 0.29) is 5.56 Å². The van der Waals surface area contributed by atoms with Crippen molar-refractivity contribution in [3.8, 4) is 0 Å². The number of halogens is 2. The zero-order chi connectivity index (χ0) is 17.4. The summed E-state index contributed by atoms with van der Waals surface area (Å²) in [5.41, 5.74) is 1.53. The van der Waals surface area contributed by atoms with Crippen LogP contribution in [0.25, 0.3) is 6.08 Å². The van der Waals surface area contributed by atoms with Crippen LogP contribution in [0.1, 0.15) is 49.3 Å². The molecule has 2 aromatic rings. The van der Waals surface area contributed by atoms with Crippen LogP contribution < -0.4 is 0 Å². The SMILES string of the molecule is CCCCCCc1cc(F)c(C=CC(=S)c2ccccc2)c(F)c1. The highest BCUT2D eigenvalue weighted by molar-refractivity contribution is 7.81. The molecule has 0 radical (unpaired) electrons. The zero-order valence-electron chi connectivity index (χ0n) is 13.9. The first kappa shape index (κ1) is 18.5. The van der Waals surface area contributed by atoms with Crippen LogP contribution in [0.15, 0.2) is 48.5 Å². The summed E-state index contributed by atoms with van der Waals surface area (Å²) in [6.07, 6.45) is 8.05. The molecule has 0 saturated carbocycles. The molecule has 0 unspecified atom stereocenters. The quantitative estimate of drug-likeness (QED) is 0.227. The Labute approximate surface area is 148 Å². The molecular formula is C21H22F2S. The lowest BCUT2D eigenvalue weighted by Gasteiger charge is -2.06. The summed E-state index contributed by atoms with van der Waals surface area (Å²) < 4.78 is 28.4. The maximum Gasteiger partial charge on any atom is 0.133 e. The van der Waals surface area contributed by atoms with Crippen LogP contribution in [0, 0.1) is 11.6 Å². The van der Waals surface area contributed by atoms with Crippen LogP contribution in [-0.2, 0) is 6.42 Å². The maximum absolute atomic E-state index is 14.2. The fraction of sp³-hybridized carbons (Fsp3) is 0.286. The fourth-order valence-corrected chi connectivity index (χ4v) is 2.76. The molecule has 24 heavy (non-hydrogen) atoms. The molecule has 0 fully saturated rings. The average Bonchev–Trinajstić information content (AvgIpc) is 2.58. The van der Waals surface area contributed by atoms with Gasteiger partial charge in [-0.15, -0.1) is 0 Å². The highest BCUT2D eigenvalue weighted by Gasteiger charge is 2.09. The van der Waals surface area contributed by atoms with E-state index in [2.05, 4.69) is 6.92 Å². The number of aryl methyl sites for hydroxylation is 1. The van der Waals surface area contributed by atoms with E-state index in [1.165, 1.54) is 18.2 Å². The van der Waals surface area contributed by atoms with Gasteiger partial charge in [0.25, 0.3) is 0 Å². The molecule has 3 heteroatoms. The van der Waals surface area contributed by atoms with Crippen molar-refractivity contribution in [2.24, 2.45) is 0 Å². The number of allylic oxidation sites excluding steroid dienone is 1. The van der Waals surface area contributed by atoms with Crippen molar-refractivity contribution in [3.63, 3.8) is 0 Å². The fourth-order valence-electron chi connectivity index (χ4n) is 2.55. The van der Waals surface area contributed by atoms with E-state index in [0.29, 0.717) is 16.8 Å². The van der Waals surface area contributed by atoms with Crippen molar-refractivity contribution in [3.05, 3.63) is 76.9 Å². The van der Waals surface area contributed by atoms with Gasteiger partial charge in [0.1, 0.15) is 11.6 Å². The molecule has 0 aliphatic rings. The second-order valence-electron chi connectivity index (χ2n) is 5.85. The smallest absolute Gasteiger partial charge is 0.133 e. The van der Waals surface area contributed by atoms with Crippen LogP contribution in [0.5, 0.6) is 0 Å². The van der Waals surface area contributed by atoms with Crippen molar-refractivity contribution in [2.75, 3.05) is 0 Å². The molecular weight excluding hydrogens is 322 g/mol. The molecule has 0 heterocycles. The average molecular weight is 344 g/mol. The van der Waals surface area contributed by atoms with Gasteiger partial charge in [0.15, 0.2) is 0 Å². The van der Waals surface area contributed by atoms with Crippen LogP contribution in [-0.4, -0.2) is 4.86 Å². The molecule has 0 spiro atoms. The van der Waals surface area contributed by atoms with Gasteiger partial charge in [0, 0.05) is 10.4 Å². The van der Waals surface area contributed by atoms with E-state index < -0.39 is 11.6 Å². The van der Waals surface area contributed by atoms with Crippen LogP contribution in [0.2, 0.25) is 0 Å². The number of unbranched alkanes of at least 4 members (excludes halogenated alkanes) is 3. The highest BCUT2D eigenvalue weighted by Crippen LogP contribution is 2.19. The first-order chi connectivity index (χ1) is 11.6. The van der Waals surface area contributed by atoms with Crippen molar-refractivity contribution in [1.29, 1.82) is 0 Å². The number of rotatable bonds is 8. The van der Waals surface area contributed by atoms with Crippen molar-refractivity contribution < 1.29 is 8.78 Å². The third-order valence-electron chi connectivity index (χ3n) is 3.92. The van der Waals surface area contributed by atoms with E-state index in [0.717, 1.165) is 31.2 Å². The van der Waals surface area contributed by atoms with E-state index >= 15 is 0 Å². The lowest BCUT2D eigenvalue weighted by atomic mass is 10.0. The number of hydrogen-bond acceptors (Lipinski definition) is 1. The molecule has 2 aromatic carbocycles. The second kappa shape index (κ2) is 9.43. The summed E-state index contributed by atoms with van der Waals surface area (Å²) in [4.78, 5) is 0.554. The van der Waals surface area contributed by atoms with E-state index in [1.54, 1.807) is 6.08 Å². The molecule has 0 amide bonds. The Morgan fingerprint density at radius 1 is 1.00 bits per heavy atom. The van der Waals surface area contributed by atoms with Crippen LogP contribution in [0.3, 0.4) is 0 Å². The molecule has 0 bridgehead atoms. The van der Waals surface area contributed by atoms with E-state index in [1.807, 2.05) is 30.3 Å². The van der Waals surface area contributed by atoms with Gasteiger partial charge in [-0.05, 0) is 48.3 Å². The second-order valence-corrected chi connectivity index (χ2v) is 6.29. The molecule has 0 aromatic heterocycles. The van der Waals surface area contributed by atoms with Crippen molar-refractivity contribution in [1.82, 2.24) is 0 Å². The monoisotopic (exact) mass is 344 g/mol. The van der Waals surface area contributed by atoms with Gasteiger partial charge in [-0.2, -0.15) is 0 Å². The standard InChI is InChI=1S/C21H22F2S/c1-2-3-4-6-9-16-14-19(22)18(20(23)15-16)12-13-21(24)17-10-7-5-8-11-17/h5,7-8,10-15H,2-4,6,9H2,1H3. The molecule has 0 N–H and O–H groups in total. The topological polar surface area (TPSA) is 0 Å². The van der Waals surface area contributed by atoms with E-state index in [9.17, 15) is 8.78 Å². The Balaban J connectivity index is 2.08. The predicted molar refractivity (Wildman–Crippen MR) is 101 cm³/mol. The van der Waals surface area contributed by atoms with Gasteiger partial charge in [-0.25, -0.2) is 8.78 Å². The van der Waals surface area contributed by atoms with Gasteiger partial charge in [-0.3, -0.25) is 0 Å².